The van der Waals surface area contributed by atoms with E-state index in [1.54, 1.807) is 6.07 Å². The second kappa shape index (κ2) is 7.22. The number of benzene rings is 2. The predicted molar refractivity (Wildman–Crippen MR) is 97.0 cm³/mol. The van der Waals surface area contributed by atoms with Crippen LogP contribution in [0.15, 0.2) is 36.4 Å². The maximum Gasteiger partial charge on any atom is 0.339 e. The third-order valence-corrected chi connectivity index (χ3v) is 5.35. The predicted octanol–water partition coefficient (Wildman–Crippen LogP) is 3.42. The van der Waals surface area contributed by atoms with E-state index in [0.29, 0.717) is 30.6 Å². The summed E-state index contributed by atoms with van der Waals surface area (Å²) in [6.07, 6.45) is 0.430. The third-order valence-electron chi connectivity index (χ3n) is 5.35. The van der Waals surface area contributed by atoms with Gasteiger partial charge in [0.1, 0.15) is 6.10 Å². The molecule has 2 atom stereocenters. The lowest BCUT2D eigenvalue weighted by atomic mass is 9.98. The lowest BCUT2D eigenvalue weighted by Crippen LogP contribution is -2.23. The molecule has 2 aromatic rings. The Morgan fingerprint density at radius 2 is 2.04 bits per heavy atom. The number of fused-ring (bicyclic) bond motifs is 1. The fourth-order valence-electron chi connectivity index (χ4n) is 3.84. The molecule has 1 unspecified atom stereocenters. The van der Waals surface area contributed by atoms with Crippen molar-refractivity contribution in [3.8, 4) is 0 Å². The minimum absolute atomic E-state index is 0.175. The second-order valence-electron chi connectivity index (χ2n) is 7.07. The van der Waals surface area contributed by atoms with Crippen LogP contribution in [0.3, 0.4) is 0 Å². The van der Waals surface area contributed by atoms with Crippen molar-refractivity contribution in [2.24, 2.45) is 5.92 Å². The number of hydrogen-bond donors (Lipinski definition) is 0. The van der Waals surface area contributed by atoms with Gasteiger partial charge in [-0.15, -0.1) is 0 Å². The maximum atomic E-state index is 13.4. The highest BCUT2D eigenvalue weighted by Crippen LogP contribution is 2.36. The number of nitrogens with zero attached hydrogens (tertiary/aromatic N) is 1. The zero-order valence-electron chi connectivity index (χ0n) is 15.3. The average molecular weight is 387 g/mol. The van der Waals surface area contributed by atoms with Gasteiger partial charge < -0.3 is 14.4 Å². The van der Waals surface area contributed by atoms with Gasteiger partial charge in [-0.05, 0) is 36.2 Å². The smallest absolute Gasteiger partial charge is 0.339 e. The maximum absolute atomic E-state index is 13.4. The Hall–Kier alpha value is -2.96. The van der Waals surface area contributed by atoms with E-state index in [4.69, 9.17) is 9.47 Å². The normalized spacial score (nSPS) is 20.8. The van der Waals surface area contributed by atoms with Crippen LogP contribution in [-0.2, 0) is 20.7 Å². The second-order valence-corrected chi connectivity index (χ2v) is 7.07. The van der Waals surface area contributed by atoms with Gasteiger partial charge in [-0.25, -0.2) is 13.6 Å². The van der Waals surface area contributed by atoms with Gasteiger partial charge in [0.15, 0.2) is 11.6 Å². The van der Waals surface area contributed by atoms with Crippen molar-refractivity contribution in [2.75, 3.05) is 25.1 Å². The zero-order valence-corrected chi connectivity index (χ0v) is 15.3. The summed E-state index contributed by atoms with van der Waals surface area (Å²) < 4.78 is 36.8. The van der Waals surface area contributed by atoms with Crippen molar-refractivity contribution in [3.63, 3.8) is 0 Å². The van der Waals surface area contributed by atoms with Crippen LogP contribution < -0.4 is 4.90 Å². The fraction of sp³-hybridized carbons (Fsp3) is 0.333. The third kappa shape index (κ3) is 3.32. The number of carbonyl (C=O) groups is 2. The van der Waals surface area contributed by atoms with Crippen LogP contribution in [0, 0.1) is 17.6 Å². The summed E-state index contributed by atoms with van der Waals surface area (Å²) in [6.45, 7) is 1.24. The Kier molecular flexibility index (Phi) is 4.75. The van der Waals surface area contributed by atoms with Crippen molar-refractivity contribution in [3.05, 3.63) is 64.7 Å². The van der Waals surface area contributed by atoms with Crippen LogP contribution in [0.25, 0.3) is 0 Å². The van der Waals surface area contributed by atoms with E-state index in [-0.39, 0.29) is 18.3 Å². The number of methoxy groups -OCH3 is 1. The van der Waals surface area contributed by atoms with E-state index in [1.807, 2.05) is 17.0 Å². The van der Waals surface area contributed by atoms with Crippen molar-refractivity contribution in [2.45, 2.75) is 18.9 Å². The molecule has 0 aromatic heterocycles. The van der Waals surface area contributed by atoms with Crippen LogP contribution in [-0.4, -0.2) is 32.1 Å². The van der Waals surface area contributed by atoms with Crippen LogP contribution >= 0.6 is 0 Å². The lowest BCUT2D eigenvalue weighted by molar-refractivity contribution is -0.144. The molecular formula is C21H19F2NO4. The van der Waals surface area contributed by atoms with Gasteiger partial charge in [-0.2, -0.15) is 0 Å². The number of rotatable bonds is 4. The molecule has 5 nitrogen and oxygen atoms in total. The molecule has 146 valence electrons. The van der Waals surface area contributed by atoms with E-state index < -0.39 is 23.7 Å². The Balaban J connectivity index is 1.53. The summed E-state index contributed by atoms with van der Waals surface area (Å²) >= 11 is 0. The number of halogens is 2. The molecule has 0 N–H and O–H groups in total. The number of cyclic esters (lactones) is 1. The number of hydrogen-bond acceptors (Lipinski definition) is 5. The Bertz CT molecular complexity index is 946. The molecule has 2 heterocycles. The highest BCUT2D eigenvalue weighted by atomic mass is 19.2. The number of carbonyl (C=O) groups excluding carboxylic acids is 2. The SMILES string of the molecule is COC(=O)[C@H]1CCN(c2ccc3c(c2)C(=O)OC3Cc2ccc(F)c(F)c2)C1. The summed E-state index contributed by atoms with van der Waals surface area (Å²) in [7, 11) is 1.38. The quantitative estimate of drug-likeness (QED) is 0.753. The molecule has 0 spiro atoms. The van der Waals surface area contributed by atoms with Crippen LogP contribution in [0.1, 0.15) is 34.0 Å². The molecule has 1 fully saturated rings. The van der Waals surface area contributed by atoms with E-state index in [9.17, 15) is 18.4 Å². The molecule has 2 aliphatic rings. The van der Waals surface area contributed by atoms with Gasteiger partial charge in [0, 0.05) is 30.8 Å². The van der Waals surface area contributed by atoms with E-state index >= 15 is 0 Å². The zero-order chi connectivity index (χ0) is 19.8. The molecule has 0 aliphatic carbocycles. The van der Waals surface area contributed by atoms with Crippen LogP contribution in [0.4, 0.5) is 14.5 Å². The number of ether oxygens (including phenoxy) is 2. The van der Waals surface area contributed by atoms with Gasteiger partial charge in [0.25, 0.3) is 0 Å². The molecular weight excluding hydrogens is 368 g/mol. The molecule has 4 rings (SSSR count). The minimum atomic E-state index is -0.924. The monoisotopic (exact) mass is 387 g/mol. The molecule has 28 heavy (non-hydrogen) atoms. The summed E-state index contributed by atoms with van der Waals surface area (Å²) in [5, 5.41) is 0. The van der Waals surface area contributed by atoms with Crippen molar-refractivity contribution < 1.29 is 27.8 Å². The topological polar surface area (TPSA) is 55.8 Å². The van der Waals surface area contributed by atoms with Crippen molar-refractivity contribution >= 4 is 17.6 Å². The van der Waals surface area contributed by atoms with Gasteiger partial charge in [0.2, 0.25) is 0 Å². The molecule has 0 saturated carbocycles. The van der Waals surface area contributed by atoms with E-state index in [1.165, 1.54) is 13.2 Å². The van der Waals surface area contributed by atoms with Gasteiger partial charge in [0.05, 0.1) is 18.6 Å². The van der Waals surface area contributed by atoms with Gasteiger partial charge in [-0.3, -0.25) is 4.79 Å². The molecule has 0 radical (unpaired) electrons. The lowest BCUT2D eigenvalue weighted by Gasteiger charge is -2.19. The molecule has 2 aliphatic heterocycles. The van der Waals surface area contributed by atoms with Gasteiger partial charge >= 0.3 is 11.9 Å². The number of esters is 2. The summed E-state index contributed by atoms with van der Waals surface area (Å²) in [5.41, 5.74) is 2.58. The van der Waals surface area contributed by atoms with Crippen molar-refractivity contribution in [1.82, 2.24) is 0 Å². The first-order valence-corrected chi connectivity index (χ1v) is 9.08. The molecule has 7 heteroatoms. The minimum Gasteiger partial charge on any atom is -0.469 e. The average Bonchev–Trinajstić information content (AvgIpc) is 3.30. The Morgan fingerprint density at radius 1 is 1.21 bits per heavy atom. The largest absolute Gasteiger partial charge is 0.469 e. The van der Waals surface area contributed by atoms with Crippen LogP contribution in [0.2, 0.25) is 0 Å². The highest BCUT2D eigenvalue weighted by molar-refractivity contribution is 5.95. The first-order chi connectivity index (χ1) is 13.5. The standard InChI is InChI=1S/C21H19F2NO4/c1-27-20(25)13-6-7-24(11-13)14-3-4-15-16(10-14)21(26)28-19(15)9-12-2-5-17(22)18(23)8-12/h2-5,8,10,13,19H,6-7,9,11H2,1H3/t13-,19?/m0/s1. The van der Waals surface area contributed by atoms with Crippen LogP contribution in [0.5, 0.6) is 0 Å². The Morgan fingerprint density at radius 3 is 2.79 bits per heavy atom. The molecule has 1 saturated heterocycles. The van der Waals surface area contributed by atoms with Crippen molar-refractivity contribution in [1.29, 1.82) is 0 Å². The summed E-state index contributed by atoms with van der Waals surface area (Å²) in [4.78, 5) is 26.1. The molecule has 2 aromatic carbocycles. The number of anilines is 1. The molecule has 0 amide bonds. The Labute approximate surface area is 160 Å². The van der Waals surface area contributed by atoms with Gasteiger partial charge in [-0.1, -0.05) is 12.1 Å². The summed E-state index contributed by atoms with van der Waals surface area (Å²) in [5.74, 6) is -2.67. The first-order valence-electron chi connectivity index (χ1n) is 9.08. The first kappa shape index (κ1) is 18.4. The van der Waals surface area contributed by atoms with E-state index in [0.717, 1.165) is 23.4 Å². The summed E-state index contributed by atoms with van der Waals surface area (Å²) in [6, 6.07) is 9.14. The van der Waals surface area contributed by atoms with E-state index in [2.05, 4.69) is 0 Å². The highest BCUT2D eigenvalue weighted by Gasteiger charge is 2.34. The fourth-order valence-corrected chi connectivity index (χ4v) is 3.84. The molecule has 0 bridgehead atoms.